The number of benzene rings is 3. The molecule has 4 rings (SSSR count). The molecule has 0 spiro atoms. The van der Waals surface area contributed by atoms with Gasteiger partial charge in [-0.2, -0.15) is 0 Å². The van der Waals surface area contributed by atoms with Crippen LogP contribution in [0.25, 0.3) is 0 Å². The summed E-state index contributed by atoms with van der Waals surface area (Å²) in [6.07, 6.45) is 2.77. The number of ether oxygens (including phenoxy) is 1. The summed E-state index contributed by atoms with van der Waals surface area (Å²) in [5.74, 6) is -0.223. The van der Waals surface area contributed by atoms with E-state index in [1.165, 1.54) is 5.56 Å². The van der Waals surface area contributed by atoms with E-state index in [9.17, 15) is 18.0 Å². The lowest BCUT2D eigenvalue weighted by Gasteiger charge is -2.09. The second kappa shape index (κ2) is 10.7. The van der Waals surface area contributed by atoms with Crippen LogP contribution in [-0.4, -0.2) is 32.6 Å². The Bertz CT molecular complexity index is 1320. The van der Waals surface area contributed by atoms with Crippen molar-refractivity contribution in [1.29, 1.82) is 0 Å². The number of carbonyl (C=O) groups is 2. The van der Waals surface area contributed by atoms with Gasteiger partial charge < -0.3 is 15.4 Å². The number of amides is 2. The van der Waals surface area contributed by atoms with Crippen LogP contribution in [0.4, 0.5) is 11.4 Å². The van der Waals surface area contributed by atoms with Crippen molar-refractivity contribution in [2.45, 2.75) is 37.5 Å². The van der Waals surface area contributed by atoms with Crippen LogP contribution in [0, 0.1) is 0 Å². The lowest BCUT2D eigenvalue weighted by Crippen LogP contribution is -2.18. The fourth-order valence-corrected chi connectivity index (χ4v) is 5.31. The molecule has 2 amide bonds. The molecule has 0 unspecified atom stereocenters. The quantitative estimate of drug-likeness (QED) is 0.454. The average Bonchev–Trinajstić information content (AvgIpc) is 3.33. The monoisotopic (exact) mass is 492 g/mol. The number of aryl methyl sites for hydroxylation is 2. The third-order valence-electron chi connectivity index (χ3n) is 5.88. The summed E-state index contributed by atoms with van der Waals surface area (Å²) < 4.78 is 30.7. The molecule has 0 aliphatic heterocycles. The Balaban J connectivity index is 1.29. The Morgan fingerprint density at radius 2 is 1.51 bits per heavy atom. The van der Waals surface area contributed by atoms with Gasteiger partial charge in [0.15, 0.2) is 9.84 Å². The van der Waals surface area contributed by atoms with Crippen LogP contribution in [0.15, 0.2) is 71.6 Å². The lowest BCUT2D eigenvalue weighted by atomic mass is 10.1. The minimum Gasteiger partial charge on any atom is -0.494 e. The molecule has 3 aromatic rings. The first kappa shape index (κ1) is 24.5. The first-order valence-electron chi connectivity index (χ1n) is 11.6. The van der Waals surface area contributed by atoms with Crippen molar-refractivity contribution in [2.24, 2.45) is 0 Å². The highest BCUT2D eigenvalue weighted by atomic mass is 32.2. The summed E-state index contributed by atoms with van der Waals surface area (Å²) in [5, 5.41) is 5.50. The van der Waals surface area contributed by atoms with Crippen molar-refractivity contribution in [1.82, 2.24) is 0 Å². The fourth-order valence-electron chi connectivity index (χ4n) is 4.02. The largest absolute Gasteiger partial charge is 0.494 e. The molecule has 3 aromatic carbocycles. The van der Waals surface area contributed by atoms with Gasteiger partial charge in [0.25, 0.3) is 5.91 Å². The van der Waals surface area contributed by atoms with Crippen LogP contribution in [0.5, 0.6) is 5.75 Å². The van der Waals surface area contributed by atoms with Gasteiger partial charge in [0, 0.05) is 23.4 Å². The maximum Gasteiger partial charge on any atom is 0.255 e. The van der Waals surface area contributed by atoms with Crippen LogP contribution >= 0.6 is 0 Å². The van der Waals surface area contributed by atoms with E-state index < -0.39 is 15.7 Å². The Hall–Kier alpha value is -3.65. The van der Waals surface area contributed by atoms with E-state index in [-0.39, 0.29) is 23.0 Å². The minimum atomic E-state index is -3.54. The highest BCUT2D eigenvalue weighted by Crippen LogP contribution is 2.25. The Morgan fingerprint density at radius 3 is 2.23 bits per heavy atom. The van der Waals surface area contributed by atoms with Crippen molar-refractivity contribution in [3.63, 3.8) is 0 Å². The summed E-state index contributed by atoms with van der Waals surface area (Å²) in [6.45, 7) is 2.47. The third-order valence-corrected chi connectivity index (χ3v) is 7.59. The number of hydrogen-bond donors (Lipinski definition) is 2. The molecule has 0 saturated carbocycles. The molecule has 35 heavy (non-hydrogen) atoms. The van der Waals surface area contributed by atoms with E-state index in [1.54, 1.807) is 60.7 Å². The molecule has 0 fully saturated rings. The molecule has 0 radical (unpaired) electrons. The molecule has 8 heteroatoms. The van der Waals surface area contributed by atoms with Crippen LogP contribution in [0.1, 0.15) is 41.3 Å². The lowest BCUT2D eigenvalue weighted by molar-refractivity contribution is -0.115. The van der Waals surface area contributed by atoms with Crippen LogP contribution in [-0.2, 0) is 27.5 Å². The Morgan fingerprint density at radius 1 is 0.857 bits per heavy atom. The van der Waals surface area contributed by atoms with E-state index in [0.717, 1.165) is 30.6 Å². The van der Waals surface area contributed by atoms with E-state index in [2.05, 4.69) is 10.6 Å². The second-order valence-electron chi connectivity index (χ2n) is 8.39. The summed E-state index contributed by atoms with van der Waals surface area (Å²) in [5.41, 5.74) is 3.85. The fraction of sp³-hybridized carbons (Fsp3) is 0.259. The first-order chi connectivity index (χ1) is 16.8. The molecule has 1 aliphatic rings. The number of rotatable bonds is 9. The third kappa shape index (κ3) is 6.27. The molecule has 0 atom stereocenters. The normalized spacial score (nSPS) is 12.6. The molecule has 7 nitrogen and oxygen atoms in total. The van der Waals surface area contributed by atoms with Gasteiger partial charge in [-0.05, 0) is 98.0 Å². The number of carbonyl (C=O) groups excluding carboxylic acids is 2. The summed E-state index contributed by atoms with van der Waals surface area (Å²) in [6, 6.07) is 18.7. The van der Waals surface area contributed by atoms with Crippen molar-refractivity contribution in [3.05, 3.63) is 83.4 Å². The second-order valence-corrected chi connectivity index (χ2v) is 10.5. The zero-order valence-corrected chi connectivity index (χ0v) is 20.4. The molecule has 0 saturated heterocycles. The molecule has 2 N–H and O–H groups in total. The zero-order chi connectivity index (χ0) is 24.8. The Kier molecular flexibility index (Phi) is 7.51. The SMILES string of the molecule is CCOc1ccc(NC(=O)c2ccc(NC(=O)CCS(=O)(=O)c3ccc4c(c3)CCC4)cc2)cc1. The average molecular weight is 493 g/mol. The zero-order valence-electron chi connectivity index (χ0n) is 19.5. The molecular weight excluding hydrogens is 464 g/mol. The summed E-state index contributed by atoms with van der Waals surface area (Å²) in [7, 11) is -3.54. The maximum atomic E-state index is 12.7. The minimum absolute atomic E-state index is 0.153. The number of hydrogen-bond acceptors (Lipinski definition) is 5. The number of sulfone groups is 1. The van der Waals surface area contributed by atoms with Crippen molar-refractivity contribution in [2.75, 3.05) is 23.0 Å². The molecule has 0 bridgehead atoms. The van der Waals surface area contributed by atoms with Crippen LogP contribution in [0.2, 0.25) is 0 Å². The van der Waals surface area contributed by atoms with Crippen molar-refractivity contribution < 1.29 is 22.7 Å². The van der Waals surface area contributed by atoms with Crippen LogP contribution < -0.4 is 15.4 Å². The first-order valence-corrected chi connectivity index (χ1v) is 13.3. The maximum absolute atomic E-state index is 12.7. The van der Waals surface area contributed by atoms with E-state index in [4.69, 9.17) is 4.74 Å². The predicted octanol–water partition coefficient (Wildman–Crippen LogP) is 4.63. The van der Waals surface area contributed by atoms with Gasteiger partial charge >= 0.3 is 0 Å². The molecule has 182 valence electrons. The van der Waals surface area contributed by atoms with Gasteiger partial charge in [-0.1, -0.05) is 6.07 Å². The van der Waals surface area contributed by atoms with Gasteiger partial charge in [0.1, 0.15) is 5.75 Å². The van der Waals surface area contributed by atoms with E-state index in [0.29, 0.717) is 23.5 Å². The number of fused-ring (bicyclic) bond motifs is 1. The molecule has 0 heterocycles. The number of anilines is 2. The highest BCUT2D eigenvalue weighted by molar-refractivity contribution is 7.91. The molecular formula is C27H28N2O5S. The standard InChI is InChI=1S/C27H28N2O5S/c1-2-34-24-13-11-23(12-14-24)29-27(31)20-6-9-22(10-7-20)28-26(30)16-17-35(32,33)25-15-8-19-4-3-5-21(19)18-25/h6-15,18H,2-5,16-17H2,1H3,(H,28,30)(H,29,31). The highest BCUT2D eigenvalue weighted by Gasteiger charge is 2.20. The topological polar surface area (TPSA) is 102 Å². The summed E-state index contributed by atoms with van der Waals surface area (Å²) in [4.78, 5) is 25.1. The number of nitrogens with one attached hydrogen (secondary N) is 2. The van der Waals surface area contributed by atoms with E-state index >= 15 is 0 Å². The van der Waals surface area contributed by atoms with Crippen molar-refractivity contribution >= 4 is 33.0 Å². The van der Waals surface area contributed by atoms with Crippen LogP contribution in [0.3, 0.4) is 0 Å². The van der Waals surface area contributed by atoms with Gasteiger partial charge in [0.2, 0.25) is 5.91 Å². The molecule has 0 aromatic heterocycles. The summed E-state index contributed by atoms with van der Waals surface area (Å²) >= 11 is 0. The van der Waals surface area contributed by atoms with Gasteiger partial charge in [0.05, 0.1) is 17.3 Å². The van der Waals surface area contributed by atoms with Crippen molar-refractivity contribution in [3.8, 4) is 5.75 Å². The van der Waals surface area contributed by atoms with E-state index in [1.807, 2.05) is 13.0 Å². The smallest absolute Gasteiger partial charge is 0.255 e. The molecule has 1 aliphatic carbocycles. The predicted molar refractivity (Wildman–Crippen MR) is 136 cm³/mol. The Labute approximate surface area is 205 Å². The van der Waals surface area contributed by atoms with Gasteiger partial charge in [-0.25, -0.2) is 8.42 Å². The van der Waals surface area contributed by atoms with Gasteiger partial charge in [-0.15, -0.1) is 0 Å². The van der Waals surface area contributed by atoms with Gasteiger partial charge in [-0.3, -0.25) is 9.59 Å².